The van der Waals surface area contributed by atoms with E-state index >= 15 is 0 Å². The second-order valence-electron chi connectivity index (χ2n) is 4.80. The summed E-state index contributed by atoms with van der Waals surface area (Å²) in [5.41, 5.74) is 2.54. The summed E-state index contributed by atoms with van der Waals surface area (Å²) in [4.78, 5) is 25.2. The summed E-state index contributed by atoms with van der Waals surface area (Å²) in [6.45, 7) is 5.18. The van der Waals surface area contributed by atoms with Gasteiger partial charge in [0.1, 0.15) is 6.04 Å². The molecular weight excluding hydrogens is 244 g/mol. The zero-order valence-electron chi connectivity index (χ0n) is 11.1. The van der Waals surface area contributed by atoms with E-state index in [1.165, 1.54) is 4.90 Å². The first kappa shape index (κ1) is 13.5. The van der Waals surface area contributed by atoms with E-state index in [1.54, 1.807) is 6.07 Å². The number of benzene rings is 1. The maximum Gasteiger partial charge on any atom is 0.327 e. The first-order chi connectivity index (χ1) is 9.02. The third-order valence-electron chi connectivity index (χ3n) is 3.62. The zero-order valence-corrected chi connectivity index (χ0v) is 11.1. The van der Waals surface area contributed by atoms with Gasteiger partial charge >= 0.3 is 5.97 Å². The Bertz CT molecular complexity index is 513. The van der Waals surface area contributed by atoms with Crippen LogP contribution in [0.1, 0.15) is 21.5 Å². The van der Waals surface area contributed by atoms with Crippen molar-refractivity contribution in [2.45, 2.75) is 19.9 Å². The summed E-state index contributed by atoms with van der Waals surface area (Å²) in [5.74, 6) is -1.17. The van der Waals surface area contributed by atoms with Gasteiger partial charge < -0.3 is 15.3 Å². The summed E-state index contributed by atoms with van der Waals surface area (Å²) in [6.07, 6.45) is 0. The lowest BCUT2D eigenvalue weighted by molar-refractivity contribution is -0.142. The zero-order chi connectivity index (χ0) is 14.0. The predicted octanol–water partition coefficient (Wildman–Crippen LogP) is 0.802. The van der Waals surface area contributed by atoms with Gasteiger partial charge in [0, 0.05) is 25.2 Å². The lowest BCUT2D eigenvalue weighted by atomic mass is 10.0. The number of aryl methyl sites for hydroxylation is 1. The molecule has 1 aliphatic heterocycles. The van der Waals surface area contributed by atoms with Gasteiger partial charge in [-0.2, -0.15) is 0 Å². The number of aliphatic carboxylic acids is 1. The summed E-state index contributed by atoms with van der Waals surface area (Å²) >= 11 is 0. The molecule has 0 radical (unpaired) electrons. The van der Waals surface area contributed by atoms with Gasteiger partial charge in [0.2, 0.25) is 0 Å². The summed E-state index contributed by atoms with van der Waals surface area (Å²) < 4.78 is 0. The fraction of sp³-hybridized carbons (Fsp3) is 0.429. The average Bonchev–Trinajstić information content (AvgIpc) is 2.41. The molecule has 1 fully saturated rings. The number of carbonyl (C=O) groups excluding carboxylic acids is 1. The van der Waals surface area contributed by atoms with Gasteiger partial charge in [-0.1, -0.05) is 12.1 Å². The number of rotatable bonds is 2. The second kappa shape index (κ2) is 5.40. The van der Waals surface area contributed by atoms with Crippen LogP contribution in [0.15, 0.2) is 18.2 Å². The minimum Gasteiger partial charge on any atom is -0.480 e. The van der Waals surface area contributed by atoms with Gasteiger partial charge in [-0.3, -0.25) is 4.79 Å². The lowest BCUT2D eigenvalue weighted by Gasteiger charge is -2.34. The molecule has 1 heterocycles. The van der Waals surface area contributed by atoms with Gasteiger partial charge in [0.05, 0.1) is 0 Å². The number of piperazine rings is 1. The number of carboxylic acid groups (broad SMARTS) is 1. The number of amides is 1. The van der Waals surface area contributed by atoms with Crippen LogP contribution in [0.3, 0.4) is 0 Å². The van der Waals surface area contributed by atoms with Gasteiger partial charge in [-0.05, 0) is 31.0 Å². The smallest absolute Gasteiger partial charge is 0.327 e. The minimum absolute atomic E-state index is 0.199. The van der Waals surface area contributed by atoms with Crippen molar-refractivity contribution in [1.82, 2.24) is 10.2 Å². The molecule has 0 bridgehead atoms. The fourth-order valence-corrected chi connectivity index (χ4v) is 2.31. The highest BCUT2D eigenvalue weighted by molar-refractivity contribution is 5.98. The molecule has 1 atom stereocenters. The lowest BCUT2D eigenvalue weighted by Crippen LogP contribution is -2.57. The largest absolute Gasteiger partial charge is 0.480 e. The van der Waals surface area contributed by atoms with Crippen molar-refractivity contribution >= 4 is 11.9 Å². The van der Waals surface area contributed by atoms with Crippen LogP contribution < -0.4 is 5.32 Å². The van der Waals surface area contributed by atoms with E-state index in [2.05, 4.69) is 5.32 Å². The van der Waals surface area contributed by atoms with E-state index in [-0.39, 0.29) is 5.91 Å². The maximum atomic E-state index is 12.5. The molecule has 1 aromatic rings. The number of hydrogen-bond donors (Lipinski definition) is 2. The Balaban J connectivity index is 2.31. The molecule has 0 saturated carbocycles. The van der Waals surface area contributed by atoms with Gasteiger partial charge in [0.15, 0.2) is 0 Å². The van der Waals surface area contributed by atoms with Gasteiger partial charge in [0.25, 0.3) is 5.91 Å². The van der Waals surface area contributed by atoms with Crippen LogP contribution in [0, 0.1) is 13.8 Å². The van der Waals surface area contributed by atoms with Crippen molar-refractivity contribution < 1.29 is 14.7 Å². The van der Waals surface area contributed by atoms with E-state index in [0.717, 1.165) is 11.1 Å². The van der Waals surface area contributed by atoms with Crippen LogP contribution in [0.4, 0.5) is 0 Å². The summed E-state index contributed by atoms with van der Waals surface area (Å²) in [5, 5.41) is 12.2. The first-order valence-electron chi connectivity index (χ1n) is 6.33. The molecule has 0 aliphatic carbocycles. The van der Waals surface area contributed by atoms with Crippen LogP contribution in [-0.4, -0.2) is 47.6 Å². The van der Waals surface area contributed by atoms with Crippen LogP contribution in [-0.2, 0) is 4.79 Å². The van der Waals surface area contributed by atoms with E-state index in [9.17, 15) is 14.7 Å². The molecule has 1 unspecified atom stereocenters. The Hall–Kier alpha value is -1.88. The Kier molecular flexibility index (Phi) is 3.85. The SMILES string of the molecule is Cc1cccc(C(=O)N2CCNCC2C(=O)O)c1C. The molecule has 1 aliphatic rings. The second-order valence-corrected chi connectivity index (χ2v) is 4.80. The standard InChI is InChI=1S/C14H18N2O3/c1-9-4-3-5-11(10(9)2)13(17)16-7-6-15-8-12(16)14(18)19/h3-5,12,15H,6-8H2,1-2H3,(H,18,19). The number of hydrogen-bond acceptors (Lipinski definition) is 3. The monoisotopic (exact) mass is 262 g/mol. The Labute approximate surface area is 112 Å². The summed E-state index contributed by atoms with van der Waals surface area (Å²) in [7, 11) is 0. The number of carbonyl (C=O) groups is 2. The molecule has 1 amide bonds. The van der Waals surface area contributed by atoms with Crippen molar-refractivity contribution in [1.29, 1.82) is 0 Å². The quantitative estimate of drug-likeness (QED) is 0.827. The molecule has 0 aromatic heterocycles. The third kappa shape index (κ3) is 2.61. The minimum atomic E-state index is -0.967. The van der Waals surface area contributed by atoms with Crippen molar-refractivity contribution in [3.8, 4) is 0 Å². The van der Waals surface area contributed by atoms with Gasteiger partial charge in [-0.15, -0.1) is 0 Å². The molecule has 1 aromatic carbocycles. The number of nitrogens with zero attached hydrogens (tertiary/aromatic N) is 1. The molecule has 0 spiro atoms. The first-order valence-corrected chi connectivity index (χ1v) is 6.33. The third-order valence-corrected chi connectivity index (χ3v) is 3.62. The van der Waals surface area contributed by atoms with Crippen LogP contribution in [0.5, 0.6) is 0 Å². The molecule has 2 rings (SSSR count). The molecular formula is C14H18N2O3. The van der Waals surface area contributed by atoms with Crippen molar-refractivity contribution in [3.63, 3.8) is 0 Å². The highest BCUT2D eigenvalue weighted by atomic mass is 16.4. The number of nitrogens with one attached hydrogen (secondary N) is 1. The molecule has 2 N–H and O–H groups in total. The summed E-state index contributed by atoms with van der Waals surface area (Å²) in [6, 6.07) is 4.73. The van der Waals surface area contributed by atoms with Crippen molar-refractivity contribution in [2.75, 3.05) is 19.6 Å². The Morgan fingerprint density at radius 2 is 2.11 bits per heavy atom. The average molecular weight is 262 g/mol. The maximum absolute atomic E-state index is 12.5. The van der Waals surface area contributed by atoms with E-state index < -0.39 is 12.0 Å². The highest BCUT2D eigenvalue weighted by Crippen LogP contribution is 2.17. The van der Waals surface area contributed by atoms with Crippen LogP contribution in [0.2, 0.25) is 0 Å². The fourth-order valence-electron chi connectivity index (χ4n) is 2.31. The van der Waals surface area contributed by atoms with Crippen LogP contribution >= 0.6 is 0 Å². The molecule has 5 heteroatoms. The van der Waals surface area contributed by atoms with Crippen molar-refractivity contribution in [3.05, 3.63) is 34.9 Å². The van der Waals surface area contributed by atoms with E-state index in [0.29, 0.717) is 25.2 Å². The van der Waals surface area contributed by atoms with E-state index in [4.69, 9.17) is 0 Å². The topological polar surface area (TPSA) is 69.6 Å². The normalized spacial score (nSPS) is 19.3. The molecule has 5 nitrogen and oxygen atoms in total. The van der Waals surface area contributed by atoms with Crippen molar-refractivity contribution in [2.24, 2.45) is 0 Å². The Morgan fingerprint density at radius 3 is 2.79 bits per heavy atom. The van der Waals surface area contributed by atoms with Crippen LogP contribution in [0.25, 0.3) is 0 Å². The van der Waals surface area contributed by atoms with Gasteiger partial charge in [-0.25, -0.2) is 4.79 Å². The highest BCUT2D eigenvalue weighted by Gasteiger charge is 2.32. The molecule has 19 heavy (non-hydrogen) atoms. The molecule has 1 saturated heterocycles. The van der Waals surface area contributed by atoms with E-state index in [1.807, 2.05) is 26.0 Å². The molecule has 102 valence electrons. The predicted molar refractivity (Wildman–Crippen MR) is 71.2 cm³/mol. The Morgan fingerprint density at radius 1 is 1.37 bits per heavy atom. The number of carboxylic acids is 1.